The maximum Gasteiger partial charge on any atom is 0.353 e. The van der Waals surface area contributed by atoms with Crippen molar-refractivity contribution in [2.45, 2.75) is 0 Å². The number of methoxy groups -OCH3 is 2. The van der Waals surface area contributed by atoms with E-state index >= 15 is 0 Å². The molecule has 2 heterocycles. The average molecular weight is 436 g/mol. The van der Waals surface area contributed by atoms with Crippen molar-refractivity contribution < 1.29 is 14.4 Å². The third-order valence-electron chi connectivity index (χ3n) is 5.35. The molecule has 10 nitrogen and oxygen atoms in total. The van der Waals surface area contributed by atoms with Crippen LogP contribution >= 0.6 is 0 Å². The molecule has 1 fully saturated rings. The normalized spacial score (nSPS) is 13.6. The third kappa shape index (κ3) is 4.34. The van der Waals surface area contributed by atoms with Crippen molar-refractivity contribution in [2.75, 3.05) is 55.5 Å². The predicted molar refractivity (Wildman–Crippen MR) is 122 cm³/mol. The summed E-state index contributed by atoms with van der Waals surface area (Å²) in [6.45, 7) is 2.69. The van der Waals surface area contributed by atoms with Crippen molar-refractivity contribution in [1.29, 1.82) is 0 Å². The molecular formula is C22H24N6O4. The van der Waals surface area contributed by atoms with E-state index in [0.29, 0.717) is 36.1 Å². The molecule has 0 saturated carbocycles. The van der Waals surface area contributed by atoms with Gasteiger partial charge in [0.2, 0.25) is 11.6 Å². The van der Waals surface area contributed by atoms with Gasteiger partial charge >= 0.3 is 5.69 Å². The Kier molecular flexibility index (Phi) is 6.20. The number of benzene rings is 2. The van der Waals surface area contributed by atoms with Crippen LogP contribution < -0.4 is 24.6 Å². The third-order valence-corrected chi connectivity index (χ3v) is 5.35. The Bertz CT molecular complexity index is 1090. The molecule has 0 unspecified atom stereocenters. The zero-order valence-electron chi connectivity index (χ0n) is 17.9. The number of aromatic nitrogens is 2. The van der Waals surface area contributed by atoms with Crippen LogP contribution in [-0.4, -0.2) is 55.3 Å². The van der Waals surface area contributed by atoms with Crippen LogP contribution in [0.2, 0.25) is 0 Å². The van der Waals surface area contributed by atoms with Crippen molar-refractivity contribution in [2.24, 2.45) is 0 Å². The molecule has 166 valence electrons. The van der Waals surface area contributed by atoms with Gasteiger partial charge in [-0.25, -0.2) is 9.97 Å². The Morgan fingerprint density at radius 2 is 1.69 bits per heavy atom. The minimum atomic E-state index is -0.447. The molecule has 1 saturated heterocycles. The number of ether oxygens (including phenoxy) is 2. The lowest BCUT2D eigenvalue weighted by Crippen LogP contribution is -2.47. The smallest absolute Gasteiger partial charge is 0.353 e. The van der Waals surface area contributed by atoms with Gasteiger partial charge in [0.05, 0.1) is 24.8 Å². The van der Waals surface area contributed by atoms with E-state index in [2.05, 4.69) is 32.3 Å². The van der Waals surface area contributed by atoms with Gasteiger partial charge in [0.15, 0.2) is 0 Å². The van der Waals surface area contributed by atoms with Gasteiger partial charge in [-0.1, -0.05) is 18.2 Å². The highest BCUT2D eigenvalue weighted by molar-refractivity contribution is 5.77. The molecule has 1 aliphatic heterocycles. The molecular weight excluding hydrogens is 412 g/mol. The van der Waals surface area contributed by atoms with E-state index in [4.69, 9.17) is 9.47 Å². The molecule has 0 spiro atoms. The van der Waals surface area contributed by atoms with Crippen LogP contribution in [0.25, 0.3) is 0 Å². The van der Waals surface area contributed by atoms with Gasteiger partial charge in [0, 0.05) is 37.9 Å². The zero-order chi connectivity index (χ0) is 22.5. The summed E-state index contributed by atoms with van der Waals surface area (Å²) in [6.07, 6.45) is 1.34. The average Bonchev–Trinajstić information content (AvgIpc) is 2.84. The van der Waals surface area contributed by atoms with Crippen LogP contribution in [0, 0.1) is 10.1 Å². The van der Waals surface area contributed by atoms with Gasteiger partial charge in [0.1, 0.15) is 17.8 Å². The number of anilines is 4. The first-order chi connectivity index (χ1) is 15.6. The van der Waals surface area contributed by atoms with Crippen LogP contribution in [-0.2, 0) is 0 Å². The van der Waals surface area contributed by atoms with Gasteiger partial charge in [-0.2, -0.15) is 0 Å². The number of hydrogen-bond donors (Lipinski definition) is 1. The number of piperazine rings is 1. The molecule has 0 atom stereocenters. The first-order valence-corrected chi connectivity index (χ1v) is 10.1. The van der Waals surface area contributed by atoms with Crippen LogP contribution in [0.1, 0.15) is 0 Å². The van der Waals surface area contributed by atoms with E-state index < -0.39 is 4.92 Å². The highest BCUT2D eigenvalue weighted by Gasteiger charge is 2.29. The molecule has 0 aliphatic carbocycles. The fraction of sp³-hybridized carbons (Fsp3) is 0.273. The number of nitrogens with zero attached hydrogens (tertiary/aromatic N) is 5. The van der Waals surface area contributed by atoms with Crippen LogP contribution in [0.15, 0.2) is 54.9 Å². The minimum absolute atomic E-state index is 0.106. The second kappa shape index (κ2) is 9.38. The van der Waals surface area contributed by atoms with E-state index in [9.17, 15) is 10.1 Å². The van der Waals surface area contributed by atoms with E-state index in [1.54, 1.807) is 25.3 Å². The Morgan fingerprint density at radius 1 is 0.969 bits per heavy atom. The second-order valence-corrected chi connectivity index (χ2v) is 7.15. The molecule has 1 N–H and O–H groups in total. The molecule has 10 heteroatoms. The van der Waals surface area contributed by atoms with Crippen molar-refractivity contribution in [3.8, 4) is 11.5 Å². The monoisotopic (exact) mass is 436 g/mol. The summed E-state index contributed by atoms with van der Waals surface area (Å²) >= 11 is 0. The summed E-state index contributed by atoms with van der Waals surface area (Å²) in [4.78, 5) is 24.1. The van der Waals surface area contributed by atoms with Gasteiger partial charge < -0.3 is 24.6 Å². The highest BCUT2D eigenvalue weighted by atomic mass is 16.6. The maximum atomic E-state index is 12.0. The van der Waals surface area contributed by atoms with E-state index in [0.717, 1.165) is 18.8 Å². The Balaban J connectivity index is 1.59. The summed E-state index contributed by atoms with van der Waals surface area (Å²) in [6, 6.07) is 15.3. The molecule has 0 amide bonds. The Labute approximate surface area is 185 Å². The zero-order valence-corrected chi connectivity index (χ0v) is 17.9. The fourth-order valence-corrected chi connectivity index (χ4v) is 3.71. The number of nitrogens with one attached hydrogen (secondary N) is 1. The molecule has 1 aliphatic rings. The van der Waals surface area contributed by atoms with Gasteiger partial charge in [-0.15, -0.1) is 0 Å². The second-order valence-electron chi connectivity index (χ2n) is 7.15. The van der Waals surface area contributed by atoms with E-state index in [-0.39, 0.29) is 11.5 Å². The van der Waals surface area contributed by atoms with Crippen molar-refractivity contribution >= 4 is 28.7 Å². The lowest BCUT2D eigenvalue weighted by Gasteiger charge is -2.36. The molecule has 4 rings (SSSR count). The fourth-order valence-electron chi connectivity index (χ4n) is 3.71. The number of hydrogen-bond acceptors (Lipinski definition) is 9. The molecule has 1 aromatic heterocycles. The van der Waals surface area contributed by atoms with Crippen molar-refractivity contribution in [3.05, 3.63) is 65.0 Å². The van der Waals surface area contributed by atoms with E-state index in [1.165, 1.54) is 13.4 Å². The van der Waals surface area contributed by atoms with Crippen molar-refractivity contribution in [3.63, 3.8) is 0 Å². The molecule has 3 aromatic rings. The summed E-state index contributed by atoms with van der Waals surface area (Å²) in [5.74, 6) is 1.50. The topological polar surface area (TPSA) is 106 Å². The van der Waals surface area contributed by atoms with Gasteiger partial charge in [0.25, 0.3) is 0 Å². The Morgan fingerprint density at radius 3 is 2.34 bits per heavy atom. The molecule has 0 bridgehead atoms. The standard InChI is InChI=1S/C22H24N6O4/c1-31-17-8-9-18(19(14-17)32-2)25-21-20(28(29)30)22(24-15-23-21)27-12-10-26(11-13-27)16-6-4-3-5-7-16/h3-9,14-15H,10-13H2,1-2H3,(H,23,24,25). The quantitative estimate of drug-likeness (QED) is 0.440. The van der Waals surface area contributed by atoms with Crippen LogP contribution in [0.5, 0.6) is 11.5 Å². The molecule has 0 radical (unpaired) electrons. The lowest BCUT2D eigenvalue weighted by molar-refractivity contribution is -0.383. The number of rotatable bonds is 7. The predicted octanol–water partition coefficient (Wildman–Crippen LogP) is 3.47. The van der Waals surface area contributed by atoms with Gasteiger partial charge in [-0.3, -0.25) is 10.1 Å². The summed E-state index contributed by atoms with van der Waals surface area (Å²) in [7, 11) is 3.08. The van der Waals surface area contributed by atoms with Crippen molar-refractivity contribution in [1.82, 2.24) is 9.97 Å². The molecule has 2 aromatic carbocycles. The minimum Gasteiger partial charge on any atom is -0.497 e. The Hall–Kier alpha value is -4.08. The van der Waals surface area contributed by atoms with Gasteiger partial charge in [-0.05, 0) is 24.3 Å². The van der Waals surface area contributed by atoms with Crippen LogP contribution in [0.4, 0.5) is 28.7 Å². The summed E-state index contributed by atoms with van der Waals surface area (Å²) in [5.41, 5.74) is 1.51. The SMILES string of the molecule is COc1ccc(Nc2ncnc(N3CCN(c4ccccc4)CC3)c2[N+](=O)[O-])c(OC)c1. The first kappa shape index (κ1) is 21.2. The highest BCUT2D eigenvalue weighted by Crippen LogP contribution is 2.37. The summed E-state index contributed by atoms with van der Waals surface area (Å²) < 4.78 is 10.6. The van der Waals surface area contributed by atoms with E-state index in [1.807, 2.05) is 23.1 Å². The maximum absolute atomic E-state index is 12.0. The molecule has 32 heavy (non-hydrogen) atoms. The number of para-hydroxylation sites is 1. The lowest BCUT2D eigenvalue weighted by atomic mass is 10.2. The summed E-state index contributed by atoms with van der Waals surface area (Å²) in [5, 5.41) is 15.0. The first-order valence-electron chi connectivity index (χ1n) is 10.1. The van der Waals surface area contributed by atoms with Crippen LogP contribution in [0.3, 0.4) is 0 Å². The number of nitro groups is 1. The largest absolute Gasteiger partial charge is 0.497 e.